The highest BCUT2D eigenvalue weighted by atomic mass is 16.3. The minimum Gasteiger partial charge on any atom is -0.388 e. The molecule has 4 aromatic rings. The number of fused-ring (bicyclic) bond motifs is 1. The fourth-order valence-corrected chi connectivity index (χ4v) is 3.78. The zero-order valence-electron chi connectivity index (χ0n) is 16.6. The van der Waals surface area contributed by atoms with Crippen molar-refractivity contribution in [2.45, 2.75) is 25.6 Å². The molecule has 1 unspecified atom stereocenters. The predicted molar refractivity (Wildman–Crippen MR) is 121 cm³/mol. The molecule has 0 aliphatic heterocycles. The summed E-state index contributed by atoms with van der Waals surface area (Å²) in [5.41, 5.74) is 3.58. The molecule has 0 fully saturated rings. The van der Waals surface area contributed by atoms with Crippen molar-refractivity contribution in [2.75, 3.05) is 6.54 Å². The van der Waals surface area contributed by atoms with E-state index < -0.39 is 6.10 Å². The molecule has 0 spiro atoms. The lowest BCUT2D eigenvalue weighted by atomic mass is 10.0. The van der Waals surface area contributed by atoms with Crippen LogP contribution in [0.25, 0.3) is 10.8 Å². The number of aliphatic hydroxyl groups excluding tert-OH is 1. The average Bonchev–Trinajstić information content (AvgIpc) is 2.78. The molecule has 0 radical (unpaired) electrons. The van der Waals surface area contributed by atoms with Crippen LogP contribution in [0, 0.1) is 0 Å². The van der Waals surface area contributed by atoms with Gasteiger partial charge >= 0.3 is 0 Å². The molecule has 29 heavy (non-hydrogen) atoms. The highest BCUT2D eigenvalue weighted by Gasteiger charge is 2.13. The first-order valence-corrected chi connectivity index (χ1v) is 10.2. The predicted octanol–water partition coefficient (Wildman–Crippen LogP) is 5.97. The van der Waals surface area contributed by atoms with Gasteiger partial charge in [-0.05, 0) is 39.9 Å². The molecule has 0 saturated carbocycles. The molecule has 2 nitrogen and oxygen atoms in total. The van der Waals surface area contributed by atoms with Crippen LogP contribution in [0.15, 0.2) is 103 Å². The normalized spacial score (nSPS) is 12.3. The molecule has 4 rings (SSSR count). The van der Waals surface area contributed by atoms with E-state index in [0.29, 0.717) is 6.42 Å². The molecule has 0 aliphatic carbocycles. The minimum atomic E-state index is -0.464. The van der Waals surface area contributed by atoms with Gasteiger partial charge in [-0.2, -0.15) is 0 Å². The number of hydrogen-bond acceptors (Lipinski definition) is 2. The van der Waals surface area contributed by atoms with Crippen molar-refractivity contribution < 1.29 is 5.11 Å². The fourth-order valence-electron chi connectivity index (χ4n) is 3.78. The Morgan fingerprint density at radius 3 is 1.79 bits per heavy atom. The molecular formula is C27H27NO. The minimum absolute atomic E-state index is 0.464. The van der Waals surface area contributed by atoms with Gasteiger partial charge in [0.05, 0.1) is 6.10 Å². The lowest BCUT2D eigenvalue weighted by Gasteiger charge is -2.24. The zero-order chi connectivity index (χ0) is 19.9. The number of hydrogen-bond donors (Lipinski definition) is 1. The summed E-state index contributed by atoms with van der Waals surface area (Å²) in [6, 6.07) is 35.6. The Bertz CT molecular complexity index is 988. The van der Waals surface area contributed by atoms with Crippen LogP contribution in [0.2, 0.25) is 0 Å². The molecule has 0 heterocycles. The second-order valence-corrected chi connectivity index (χ2v) is 7.59. The Balaban J connectivity index is 1.45. The van der Waals surface area contributed by atoms with Crippen molar-refractivity contribution in [3.63, 3.8) is 0 Å². The van der Waals surface area contributed by atoms with Gasteiger partial charge < -0.3 is 5.11 Å². The number of benzene rings is 4. The van der Waals surface area contributed by atoms with E-state index in [1.807, 2.05) is 18.2 Å². The van der Waals surface area contributed by atoms with Crippen molar-refractivity contribution in [1.82, 2.24) is 4.90 Å². The molecular weight excluding hydrogens is 354 g/mol. The van der Waals surface area contributed by atoms with Crippen LogP contribution < -0.4 is 0 Å². The summed E-state index contributed by atoms with van der Waals surface area (Å²) in [7, 11) is 0. The highest BCUT2D eigenvalue weighted by Crippen LogP contribution is 2.23. The number of aliphatic hydroxyl groups is 1. The van der Waals surface area contributed by atoms with Crippen LogP contribution >= 0.6 is 0 Å². The van der Waals surface area contributed by atoms with Gasteiger partial charge in [0.25, 0.3) is 0 Å². The highest BCUT2D eigenvalue weighted by molar-refractivity contribution is 5.83. The monoisotopic (exact) mass is 381 g/mol. The van der Waals surface area contributed by atoms with Crippen molar-refractivity contribution in [1.29, 1.82) is 0 Å². The molecule has 0 amide bonds. The molecule has 146 valence electrons. The van der Waals surface area contributed by atoms with Gasteiger partial charge in [0.2, 0.25) is 0 Å². The van der Waals surface area contributed by atoms with E-state index in [0.717, 1.165) is 25.2 Å². The molecule has 0 aliphatic rings. The third-order valence-electron chi connectivity index (χ3n) is 5.38. The largest absolute Gasteiger partial charge is 0.388 e. The third-order valence-corrected chi connectivity index (χ3v) is 5.38. The quantitative estimate of drug-likeness (QED) is 0.407. The third kappa shape index (κ3) is 5.32. The number of rotatable bonds is 8. The first-order valence-electron chi connectivity index (χ1n) is 10.2. The van der Waals surface area contributed by atoms with E-state index in [1.54, 1.807) is 0 Å². The Morgan fingerprint density at radius 1 is 0.621 bits per heavy atom. The molecule has 0 saturated heterocycles. The van der Waals surface area contributed by atoms with Gasteiger partial charge in [-0.25, -0.2) is 0 Å². The summed E-state index contributed by atoms with van der Waals surface area (Å²) in [5, 5.41) is 13.2. The number of nitrogens with zero attached hydrogens (tertiary/aromatic N) is 1. The van der Waals surface area contributed by atoms with Crippen molar-refractivity contribution in [3.8, 4) is 0 Å². The van der Waals surface area contributed by atoms with Gasteiger partial charge in [0.1, 0.15) is 0 Å². The lowest BCUT2D eigenvalue weighted by Crippen LogP contribution is -2.25. The van der Waals surface area contributed by atoms with Crippen LogP contribution in [-0.2, 0) is 13.1 Å². The topological polar surface area (TPSA) is 23.5 Å². The van der Waals surface area contributed by atoms with E-state index in [2.05, 4.69) is 89.8 Å². The Morgan fingerprint density at radius 2 is 1.17 bits per heavy atom. The second kappa shape index (κ2) is 9.51. The van der Waals surface area contributed by atoms with Crippen LogP contribution in [-0.4, -0.2) is 16.6 Å². The molecule has 0 aromatic heterocycles. The summed E-state index contributed by atoms with van der Waals surface area (Å²) in [6.45, 7) is 2.58. The second-order valence-electron chi connectivity index (χ2n) is 7.59. The standard InChI is InChI=1S/C27H27NO/c29-27(26-16-15-24-13-7-8-14-25(24)19-26)17-18-28(20-22-9-3-1-4-10-22)21-23-11-5-2-6-12-23/h1-16,19,27,29H,17-18,20-21H2. The molecule has 0 bridgehead atoms. The van der Waals surface area contributed by atoms with Gasteiger partial charge in [-0.15, -0.1) is 0 Å². The molecule has 1 N–H and O–H groups in total. The zero-order valence-corrected chi connectivity index (χ0v) is 16.6. The maximum atomic E-state index is 10.8. The van der Waals surface area contributed by atoms with E-state index in [1.165, 1.54) is 21.9 Å². The maximum absolute atomic E-state index is 10.8. The summed E-state index contributed by atoms with van der Waals surface area (Å²) in [4.78, 5) is 2.41. The van der Waals surface area contributed by atoms with Crippen molar-refractivity contribution >= 4 is 10.8 Å². The summed E-state index contributed by atoms with van der Waals surface area (Å²) in [5.74, 6) is 0. The first-order chi connectivity index (χ1) is 14.3. The van der Waals surface area contributed by atoms with Gasteiger partial charge in [0.15, 0.2) is 0 Å². The SMILES string of the molecule is OC(CCN(Cc1ccccc1)Cc1ccccc1)c1ccc2ccccc2c1. The van der Waals surface area contributed by atoms with Crippen LogP contribution in [0.5, 0.6) is 0 Å². The average molecular weight is 382 g/mol. The molecule has 2 heteroatoms. The van der Waals surface area contributed by atoms with Crippen LogP contribution in [0.3, 0.4) is 0 Å². The first kappa shape index (κ1) is 19.4. The fraction of sp³-hybridized carbons (Fsp3) is 0.185. The lowest BCUT2D eigenvalue weighted by molar-refractivity contribution is 0.137. The van der Waals surface area contributed by atoms with E-state index >= 15 is 0 Å². The Labute approximate surface area is 173 Å². The van der Waals surface area contributed by atoms with Gasteiger partial charge in [-0.1, -0.05) is 97.1 Å². The Kier molecular flexibility index (Phi) is 6.35. The van der Waals surface area contributed by atoms with Gasteiger partial charge in [0, 0.05) is 19.6 Å². The maximum Gasteiger partial charge on any atom is 0.0802 e. The summed E-state index contributed by atoms with van der Waals surface area (Å²) in [6.07, 6.45) is 0.242. The van der Waals surface area contributed by atoms with Crippen LogP contribution in [0.1, 0.15) is 29.2 Å². The Hall–Kier alpha value is -2.94. The van der Waals surface area contributed by atoms with E-state index in [4.69, 9.17) is 0 Å². The van der Waals surface area contributed by atoms with Crippen LogP contribution in [0.4, 0.5) is 0 Å². The van der Waals surface area contributed by atoms with E-state index in [-0.39, 0.29) is 0 Å². The van der Waals surface area contributed by atoms with Gasteiger partial charge in [-0.3, -0.25) is 4.90 Å². The summed E-state index contributed by atoms with van der Waals surface area (Å²) < 4.78 is 0. The summed E-state index contributed by atoms with van der Waals surface area (Å²) >= 11 is 0. The molecule has 1 atom stereocenters. The van der Waals surface area contributed by atoms with E-state index in [9.17, 15) is 5.11 Å². The molecule has 4 aromatic carbocycles. The van der Waals surface area contributed by atoms with Crippen molar-refractivity contribution in [3.05, 3.63) is 120 Å². The van der Waals surface area contributed by atoms with Crippen molar-refractivity contribution in [2.24, 2.45) is 0 Å². The smallest absolute Gasteiger partial charge is 0.0802 e.